The predicted octanol–water partition coefficient (Wildman–Crippen LogP) is 2.01. The minimum absolute atomic E-state index is 0.0485. The van der Waals surface area contributed by atoms with Crippen LogP contribution in [0.5, 0.6) is 0 Å². The quantitative estimate of drug-likeness (QED) is 0.853. The number of halogens is 2. The zero-order valence-corrected chi connectivity index (χ0v) is 12.7. The van der Waals surface area contributed by atoms with E-state index in [-0.39, 0.29) is 9.37 Å². The second-order valence-corrected chi connectivity index (χ2v) is 7.18. The Hall–Kier alpha value is -0.500. The van der Waals surface area contributed by atoms with Gasteiger partial charge in [-0.05, 0) is 59.9 Å². The maximum Gasteiger partial charge on any atom is 0.240 e. The average molecular weight is 351 g/mol. The van der Waals surface area contributed by atoms with Crippen LogP contribution < -0.4 is 10.0 Å². The van der Waals surface area contributed by atoms with Crippen molar-refractivity contribution < 1.29 is 12.8 Å². The molecule has 0 radical (unpaired) electrons. The van der Waals surface area contributed by atoms with Gasteiger partial charge in [-0.2, -0.15) is 0 Å². The van der Waals surface area contributed by atoms with Crippen molar-refractivity contribution in [3.05, 3.63) is 28.5 Å². The molecule has 1 aromatic rings. The molecule has 1 atom stereocenters. The van der Waals surface area contributed by atoms with E-state index in [1.165, 1.54) is 12.1 Å². The van der Waals surface area contributed by atoms with Gasteiger partial charge in [0.25, 0.3) is 0 Å². The van der Waals surface area contributed by atoms with Crippen LogP contribution in [0.1, 0.15) is 19.3 Å². The largest absolute Gasteiger partial charge is 0.314 e. The number of sulfonamides is 1. The molecule has 19 heavy (non-hydrogen) atoms. The summed E-state index contributed by atoms with van der Waals surface area (Å²) in [6.45, 7) is 1.35. The lowest BCUT2D eigenvalue weighted by atomic mass is 10.2. The first-order chi connectivity index (χ1) is 8.99. The van der Waals surface area contributed by atoms with Crippen LogP contribution in [0, 0.1) is 5.82 Å². The van der Waals surface area contributed by atoms with Gasteiger partial charge in [-0.1, -0.05) is 0 Å². The Labute approximate surface area is 121 Å². The molecule has 0 saturated carbocycles. The van der Waals surface area contributed by atoms with E-state index in [1.807, 2.05) is 0 Å². The van der Waals surface area contributed by atoms with Gasteiger partial charge in [0.2, 0.25) is 10.0 Å². The van der Waals surface area contributed by atoms with E-state index in [0.717, 1.165) is 31.9 Å². The Morgan fingerprint density at radius 2 is 2.26 bits per heavy atom. The number of benzene rings is 1. The number of hydrogen-bond donors (Lipinski definition) is 2. The molecule has 0 spiro atoms. The van der Waals surface area contributed by atoms with Crippen molar-refractivity contribution in [1.29, 1.82) is 0 Å². The smallest absolute Gasteiger partial charge is 0.240 e. The summed E-state index contributed by atoms with van der Waals surface area (Å²) >= 11 is 2.99. The van der Waals surface area contributed by atoms with Crippen LogP contribution in [0.4, 0.5) is 4.39 Å². The molecule has 1 aliphatic heterocycles. The van der Waals surface area contributed by atoms with Gasteiger partial charge in [-0.25, -0.2) is 17.5 Å². The summed E-state index contributed by atoms with van der Waals surface area (Å²) < 4.78 is 40.0. The van der Waals surface area contributed by atoms with Crippen LogP contribution in [0.2, 0.25) is 0 Å². The third-order valence-electron chi connectivity index (χ3n) is 3.15. The lowest BCUT2D eigenvalue weighted by molar-refractivity contribution is 0.538. The van der Waals surface area contributed by atoms with Crippen molar-refractivity contribution in [1.82, 2.24) is 10.0 Å². The minimum Gasteiger partial charge on any atom is -0.314 e. The highest BCUT2D eigenvalue weighted by molar-refractivity contribution is 9.10. The standard InChI is InChI=1S/C12H16BrFN2O2S/c13-11-4-3-10(8-12(11)14)19(17,18)16-7-5-9-2-1-6-15-9/h3-4,8-9,15-16H,1-2,5-7H2. The van der Waals surface area contributed by atoms with Gasteiger partial charge in [0.05, 0.1) is 9.37 Å². The molecule has 1 heterocycles. The van der Waals surface area contributed by atoms with Crippen LogP contribution >= 0.6 is 15.9 Å². The van der Waals surface area contributed by atoms with Crippen molar-refractivity contribution in [2.24, 2.45) is 0 Å². The Bertz CT molecular complexity index is 545. The third-order valence-corrected chi connectivity index (χ3v) is 5.25. The minimum atomic E-state index is -3.63. The summed E-state index contributed by atoms with van der Waals surface area (Å²) in [6, 6.07) is 4.16. The molecule has 4 nitrogen and oxygen atoms in total. The van der Waals surface area contributed by atoms with Crippen LogP contribution in [-0.4, -0.2) is 27.5 Å². The molecular weight excluding hydrogens is 335 g/mol. The molecule has 1 aromatic carbocycles. The van der Waals surface area contributed by atoms with E-state index >= 15 is 0 Å². The number of hydrogen-bond acceptors (Lipinski definition) is 3. The summed E-state index contributed by atoms with van der Waals surface area (Å²) in [5.74, 6) is -0.583. The van der Waals surface area contributed by atoms with E-state index in [2.05, 4.69) is 26.0 Å². The van der Waals surface area contributed by atoms with Crippen molar-refractivity contribution in [3.8, 4) is 0 Å². The van der Waals surface area contributed by atoms with E-state index in [0.29, 0.717) is 12.6 Å². The van der Waals surface area contributed by atoms with Crippen LogP contribution in [0.3, 0.4) is 0 Å². The molecule has 0 aliphatic carbocycles. The SMILES string of the molecule is O=S(=O)(NCCC1CCCN1)c1ccc(Br)c(F)c1. The topological polar surface area (TPSA) is 58.2 Å². The molecule has 106 valence electrons. The summed E-state index contributed by atoms with van der Waals surface area (Å²) in [6.07, 6.45) is 2.96. The van der Waals surface area contributed by atoms with E-state index < -0.39 is 15.8 Å². The molecule has 1 fully saturated rings. The fourth-order valence-electron chi connectivity index (χ4n) is 2.10. The fourth-order valence-corrected chi connectivity index (χ4v) is 3.40. The highest BCUT2D eigenvalue weighted by Gasteiger charge is 2.18. The Morgan fingerprint density at radius 1 is 1.47 bits per heavy atom. The van der Waals surface area contributed by atoms with Gasteiger partial charge in [-0.15, -0.1) is 0 Å². The van der Waals surface area contributed by atoms with Crippen molar-refractivity contribution in [2.45, 2.75) is 30.2 Å². The Morgan fingerprint density at radius 3 is 2.89 bits per heavy atom. The fraction of sp³-hybridized carbons (Fsp3) is 0.500. The van der Waals surface area contributed by atoms with Gasteiger partial charge in [0.1, 0.15) is 5.82 Å². The molecule has 2 N–H and O–H groups in total. The van der Waals surface area contributed by atoms with Gasteiger partial charge in [0.15, 0.2) is 0 Å². The second kappa shape index (κ2) is 6.30. The highest BCUT2D eigenvalue weighted by Crippen LogP contribution is 2.19. The lowest BCUT2D eigenvalue weighted by Crippen LogP contribution is -2.30. The van der Waals surface area contributed by atoms with Gasteiger partial charge in [-0.3, -0.25) is 0 Å². The average Bonchev–Trinajstić information content (AvgIpc) is 2.85. The third kappa shape index (κ3) is 3.98. The Balaban J connectivity index is 1.95. The zero-order valence-electron chi connectivity index (χ0n) is 10.3. The van der Waals surface area contributed by atoms with Crippen molar-refractivity contribution in [3.63, 3.8) is 0 Å². The summed E-state index contributed by atoms with van der Waals surface area (Å²) in [7, 11) is -3.63. The molecular formula is C12H16BrFN2O2S. The molecule has 0 amide bonds. The molecule has 0 aromatic heterocycles. The monoisotopic (exact) mass is 350 g/mol. The highest BCUT2D eigenvalue weighted by atomic mass is 79.9. The summed E-state index contributed by atoms with van der Waals surface area (Å²) in [5, 5.41) is 3.30. The van der Waals surface area contributed by atoms with Crippen molar-refractivity contribution >= 4 is 26.0 Å². The van der Waals surface area contributed by atoms with Gasteiger partial charge >= 0.3 is 0 Å². The maximum absolute atomic E-state index is 13.3. The molecule has 7 heteroatoms. The Kier molecular flexibility index (Phi) is 4.94. The first-order valence-electron chi connectivity index (χ1n) is 6.17. The normalized spacial score (nSPS) is 19.8. The first-order valence-corrected chi connectivity index (χ1v) is 8.45. The van der Waals surface area contributed by atoms with E-state index in [1.54, 1.807) is 0 Å². The first kappa shape index (κ1) is 14.9. The van der Waals surface area contributed by atoms with Gasteiger partial charge < -0.3 is 5.32 Å². The molecule has 0 bridgehead atoms. The summed E-state index contributed by atoms with van der Waals surface area (Å²) in [5.41, 5.74) is 0. The lowest BCUT2D eigenvalue weighted by Gasteiger charge is -2.11. The van der Waals surface area contributed by atoms with Gasteiger partial charge in [0, 0.05) is 12.6 Å². The molecule has 1 aliphatic rings. The second-order valence-electron chi connectivity index (χ2n) is 4.56. The van der Waals surface area contributed by atoms with Crippen LogP contribution in [-0.2, 0) is 10.0 Å². The maximum atomic E-state index is 13.3. The molecule has 1 unspecified atom stereocenters. The van der Waals surface area contributed by atoms with E-state index in [4.69, 9.17) is 0 Å². The van der Waals surface area contributed by atoms with E-state index in [9.17, 15) is 12.8 Å². The van der Waals surface area contributed by atoms with Crippen LogP contribution in [0.15, 0.2) is 27.6 Å². The van der Waals surface area contributed by atoms with Crippen LogP contribution in [0.25, 0.3) is 0 Å². The predicted molar refractivity (Wildman–Crippen MR) is 74.9 cm³/mol. The molecule has 1 saturated heterocycles. The zero-order chi connectivity index (χ0) is 13.9. The molecule has 2 rings (SSSR count). The van der Waals surface area contributed by atoms with Crippen molar-refractivity contribution in [2.75, 3.05) is 13.1 Å². The summed E-state index contributed by atoms with van der Waals surface area (Å²) in [4.78, 5) is -0.0485. The number of nitrogens with one attached hydrogen (secondary N) is 2. The number of rotatable bonds is 5.